The third-order valence-corrected chi connectivity index (χ3v) is 4.57. The third kappa shape index (κ3) is 4.23. The first kappa shape index (κ1) is 13.8. The van der Waals surface area contributed by atoms with Crippen molar-refractivity contribution in [1.82, 2.24) is 0 Å². The minimum absolute atomic E-state index is 0.439. The van der Waals surface area contributed by atoms with Gasteiger partial charge < -0.3 is 4.74 Å². The molecule has 2 rings (SSSR count). The summed E-state index contributed by atoms with van der Waals surface area (Å²) < 4.78 is 5.79. The Bertz CT molecular complexity index is 427. The maximum Gasteiger partial charge on any atom is 0.0542 e. The highest BCUT2D eigenvalue weighted by Crippen LogP contribution is 2.18. The molecular formula is C15H17BrOS. The SMILES string of the molecule is BrCC(COCCc1cccs1)c1ccccc1. The van der Waals surface area contributed by atoms with Crippen molar-refractivity contribution < 1.29 is 4.74 Å². The van der Waals surface area contributed by atoms with Crippen LogP contribution in [-0.4, -0.2) is 18.5 Å². The van der Waals surface area contributed by atoms with Crippen LogP contribution in [0.2, 0.25) is 0 Å². The molecule has 3 heteroatoms. The predicted molar refractivity (Wildman–Crippen MR) is 81.8 cm³/mol. The van der Waals surface area contributed by atoms with Crippen molar-refractivity contribution in [3.05, 3.63) is 58.3 Å². The predicted octanol–water partition coefficient (Wildman–Crippen LogP) is 4.49. The zero-order valence-corrected chi connectivity index (χ0v) is 12.6. The summed E-state index contributed by atoms with van der Waals surface area (Å²) >= 11 is 5.36. The number of rotatable bonds is 7. The van der Waals surface area contributed by atoms with Gasteiger partial charge in [0, 0.05) is 22.5 Å². The van der Waals surface area contributed by atoms with E-state index in [9.17, 15) is 0 Å². The Morgan fingerprint density at radius 3 is 2.61 bits per heavy atom. The lowest BCUT2D eigenvalue weighted by molar-refractivity contribution is 0.128. The van der Waals surface area contributed by atoms with E-state index in [0.29, 0.717) is 5.92 Å². The first-order valence-electron chi connectivity index (χ1n) is 6.11. The first-order valence-corrected chi connectivity index (χ1v) is 8.11. The van der Waals surface area contributed by atoms with Gasteiger partial charge in [0.25, 0.3) is 0 Å². The normalized spacial score (nSPS) is 12.5. The molecule has 0 spiro atoms. The monoisotopic (exact) mass is 324 g/mol. The van der Waals surface area contributed by atoms with E-state index in [1.54, 1.807) is 11.3 Å². The highest BCUT2D eigenvalue weighted by atomic mass is 79.9. The average molecular weight is 325 g/mol. The quantitative estimate of drug-likeness (QED) is 0.538. The van der Waals surface area contributed by atoms with Crippen LogP contribution in [0.4, 0.5) is 0 Å². The molecule has 18 heavy (non-hydrogen) atoms. The second kappa shape index (κ2) is 7.72. The Morgan fingerprint density at radius 1 is 1.11 bits per heavy atom. The van der Waals surface area contributed by atoms with Crippen LogP contribution in [0.1, 0.15) is 16.4 Å². The van der Waals surface area contributed by atoms with Crippen LogP contribution in [0.5, 0.6) is 0 Å². The van der Waals surface area contributed by atoms with Gasteiger partial charge in [-0.05, 0) is 17.0 Å². The smallest absolute Gasteiger partial charge is 0.0542 e. The molecule has 1 nitrogen and oxygen atoms in total. The molecule has 1 atom stereocenters. The number of ether oxygens (including phenoxy) is 1. The summed E-state index contributed by atoms with van der Waals surface area (Å²) in [4.78, 5) is 1.39. The molecule has 2 aromatic rings. The fourth-order valence-corrected chi connectivity index (χ4v) is 3.06. The molecular weight excluding hydrogens is 308 g/mol. The summed E-state index contributed by atoms with van der Waals surface area (Å²) in [6.45, 7) is 1.58. The van der Waals surface area contributed by atoms with Gasteiger partial charge in [0.2, 0.25) is 0 Å². The molecule has 0 amide bonds. The van der Waals surface area contributed by atoms with Crippen molar-refractivity contribution in [3.8, 4) is 0 Å². The van der Waals surface area contributed by atoms with Crippen LogP contribution >= 0.6 is 27.3 Å². The molecule has 0 N–H and O–H groups in total. The molecule has 0 radical (unpaired) electrons. The van der Waals surface area contributed by atoms with E-state index in [-0.39, 0.29) is 0 Å². The summed E-state index contributed by atoms with van der Waals surface area (Å²) in [5, 5.41) is 3.05. The summed E-state index contributed by atoms with van der Waals surface area (Å²) in [6, 6.07) is 14.8. The number of hydrogen-bond acceptors (Lipinski definition) is 2. The molecule has 0 aliphatic carbocycles. The molecule has 0 aliphatic rings. The lowest BCUT2D eigenvalue weighted by Gasteiger charge is -2.14. The van der Waals surface area contributed by atoms with E-state index >= 15 is 0 Å². The molecule has 1 heterocycles. The maximum atomic E-state index is 5.79. The summed E-state index contributed by atoms with van der Waals surface area (Å²) in [7, 11) is 0. The molecule has 0 saturated heterocycles. The van der Waals surface area contributed by atoms with Gasteiger partial charge >= 0.3 is 0 Å². The van der Waals surface area contributed by atoms with Gasteiger partial charge in [-0.3, -0.25) is 0 Å². The van der Waals surface area contributed by atoms with Crippen LogP contribution in [-0.2, 0) is 11.2 Å². The van der Waals surface area contributed by atoms with Crippen LogP contribution < -0.4 is 0 Å². The van der Waals surface area contributed by atoms with Crippen LogP contribution in [0, 0.1) is 0 Å². The number of hydrogen-bond donors (Lipinski definition) is 0. The zero-order valence-electron chi connectivity index (χ0n) is 10.2. The minimum atomic E-state index is 0.439. The fourth-order valence-electron chi connectivity index (χ4n) is 1.81. The number of thiophene rings is 1. The van der Waals surface area contributed by atoms with Gasteiger partial charge in [-0.15, -0.1) is 11.3 Å². The lowest BCUT2D eigenvalue weighted by Crippen LogP contribution is -2.10. The molecule has 1 aromatic heterocycles. The van der Waals surface area contributed by atoms with E-state index in [1.165, 1.54) is 10.4 Å². The molecule has 0 fully saturated rings. The van der Waals surface area contributed by atoms with Crippen molar-refractivity contribution in [2.45, 2.75) is 12.3 Å². The van der Waals surface area contributed by atoms with E-state index in [1.807, 2.05) is 6.07 Å². The number of alkyl halides is 1. The second-order valence-electron chi connectivity index (χ2n) is 4.17. The minimum Gasteiger partial charge on any atom is -0.380 e. The summed E-state index contributed by atoms with van der Waals surface area (Å²) in [6.07, 6.45) is 1.02. The van der Waals surface area contributed by atoms with E-state index in [2.05, 4.69) is 57.7 Å². The summed E-state index contributed by atoms with van der Waals surface area (Å²) in [5.74, 6) is 0.439. The van der Waals surface area contributed by atoms with Gasteiger partial charge in [0.1, 0.15) is 0 Å². The average Bonchev–Trinajstić information content (AvgIpc) is 2.93. The summed E-state index contributed by atoms with van der Waals surface area (Å²) in [5.41, 5.74) is 1.34. The Labute approximate surface area is 121 Å². The van der Waals surface area contributed by atoms with Crippen LogP contribution in [0.3, 0.4) is 0 Å². The molecule has 0 saturated carbocycles. The first-order chi connectivity index (χ1) is 8.90. The van der Waals surface area contributed by atoms with Gasteiger partial charge in [-0.1, -0.05) is 52.3 Å². The van der Waals surface area contributed by atoms with Gasteiger partial charge in [-0.25, -0.2) is 0 Å². The Hall–Kier alpha value is -0.640. The van der Waals surface area contributed by atoms with E-state index in [0.717, 1.165) is 25.0 Å². The van der Waals surface area contributed by atoms with Crippen molar-refractivity contribution >= 4 is 27.3 Å². The van der Waals surface area contributed by atoms with Gasteiger partial charge in [-0.2, -0.15) is 0 Å². The van der Waals surface area contributed by atoms with E-state index < -0.39 is 0 Å². The van der Waals surface area contributed by atoms with Crippen LogP contribution in [0.25, 0.3) is 0 Å². The zero-order chi connectivity index (χ0) is 12.6. The Morgan fingerprint density at radius 2 is 1.94 bits per heavy atom. The highest BCUT2D eigenvalue weighted by Gasteiger charge is 2.09. The lowest BCUT2D eigenvalue weighted by atomic mass is 10.0. The number of halogens is 1. The van der Waals surface area contributed by atoms with Gasteiger partial charge in [0.15, 0.2) is 0 Å². The molecule has 0 aliphatic heterocycles. The van der Waals surface area contributed by atoms with Crippen LogP contribution in [0.15, 0.2) is 47.8 Å². The molecule has 1 unspecified atom stereocenters. The van der Waals surface area contributed by atoms with Crippen molar-refractivity contribution in [3.63, 3.8) is 0 Å². The molecule has 1 aromatic carbocycles. The standard InChI is InChI=1S/C15H17BrOS/c16-11-14(13-5-2-1-3-6-13)12-17-9-8-15-7-4-10-18-15/h1-7,10,14H,8-9,11-12H2. The third-order valence-electron chi connectivity index (χ3n) is 2.85. The van der Waals surface area contributed by atoms with E-state index in [4.69, 9.17) is 4.74 Å². The molecule has 0 bridgehead atoms. The topological polar surface area (TPSA) is 9.23 Å². The van der Waals surface area contributed by atoms with Gasteiger partial charge in [0.05, 0.1) is 13.2 Å². The van der Waals surface area contributed by atoms with Crippen molar-refractivity contribution in [1.29, 1.82) is 0 Å². The molecule has 96 valence electrons. The highest BCUT2D eigenvalue weighted by molar-refractivity contribution is 9.09. The number of benzene rings is 1. The van der Waals surface area contributed by atoms with Crippen molar-refractivity contribution in [2.24, 2.45) is 0 Å². The Balaban J connectivity index is 1.74. The van der Waals surface area contributed by atoms with Crippen molar-refractivity contribution in [2.75, 3.05) is 18.5 Å². The fraction of sp³-hybridized carbons (Fsp3) is 0.333. The second-order valence-corrected chi connectivity index (χ2v) is 5.85. The Kier molecular flexibility index (Phi) is 5.91. The largest absolute Gasteiger partial charge is 0.380 e. The maximum absolute atomic E-state index is 5.79.